The van der Waals surface area contributed by atoms with Crippen molar-refractivity contribution in [1.82, 2.24) is 90.0 Å². The standard InChI is InChI=1S/C92H142N22O27/c1-11-51(8)76(113-71(118)47-114-40-19-13-16-25-70(117)101-67(44-54-21-14-12-15-22-54)88(138)107-62(91(114)141)33-37-75(125)126)90(140)112-68(45-55-26-28-56(115)29-27-55)89(139)104-58(24-20-39-98-92(96)97)82(132)109-64(41-48(2)3)86(136)106-61(32-36-74(123)124)84(134)110-66(43-50(6)7)87(137)111-65(42-49(4)5)85(135)103-57(23-17-18-38-93)80(130)99-52(9)78(128)102-60(31-35-73(121)122)83(133)105-59(30-34-72(119)120)81(131)100-53(10)79(129)108-63(77(95)127)46-69(94)116/h12-15,19,21-22,26-29,48-53,57-68,76,115H,11,16-18,20,23-25,30-47,93H2,1-10H3,(H2,94,116)(H2,95,127)(H,99,130)(H,100,131)(H,101,117)(H,102,128)(H,103,135)(H,104,139)(H,105,133)(H,106,136)(H,107,138)(H,108,129)(H,109,132)(H,110,134)(H,111,137)(H,112,140)(H,113,118)(H,119,120)(H,121,122)(H,123,124)(H,125,126)(H4,96,97,98)/b19-13-/t51-,52-,53-,57-,58-,59-,60-,61-,62-,63-,64-,65-,66-,67-,68-,76-/m0/s1. The summed E-state index contributed by atoms with van der Waals surface area (Å²) < 4.78 is 0. The number of carbonyl (C=O) groups excluding carboxylic acids is 18. The van der Waals surface area contributed by atoms with Crippen LogP contribution in [0.15, 0.2) is 66.7 Å². The molecule has 2 aromatic carbocycles. The third-order valence-corrected chi connectivity index (χ3v) is 22.3. The number of nitrogens with two attached hydrogens (primary N) is 4. The minimum Gasteiger partial charge on any atom is -0.508 e. The van der Waals surface area contributed by atoms with E-state index >= 15 is 9.59 Å². The number of hydrogen-bond donors (Lipinski definition) is 26. The first-order valence-electron chi connectivity index (χ1n) is 46.8. The summed E-state index contributed by atoms with van der Waals surface area (Å²) in [6.07, 6.45) is -3.48. The Kier molecular flexibility index (Phi) is 53.5. The molecule has 782 valence electrons. The van der Waals surface area contributed by atoms with Crippen molar-refractivity contribution in [1.29, 1.82) is 5.41 Å². The molecule has 0 saturated carbocycles. The molecule has 0 fully saturated rings. The van der Waals surface area contributed by atoms with E-state index in [1.54, 1.807) is 91.8 Å². The molecule has 0 spiro atoms. The highest BCUT2D eigenvalue weighted by atomic mass is 16.4. The number of amides is 18. The van der Waals surface area contributed by atoms with Crippen LogP contribution in [0.25, 0.3) is 0 Å². The first kappa shape index (κ1) is 121. The summed E-state index contributed by atoms with van der Waals surface area (Å²) in [5.74, 6) is -26.4. The number of aliphatic carboxylic acids is 4. The van der Waals surface area contributed by atoms with E-state index in [2.05, 4.69) is 85.1 Å². The van der Waals surface area contributed by atoms with Crippen LogP contribution >= 0.6 is 0 Å². The van der Waals surface area contributed by atoms with Gasteiger partial charge in [0.1, 0.15) is 96.4 Å². The van der Waals surface area contributed by atoms with Gasteiger partial charge in [-0.25, -0.2) is 0 Å². The van der Waals surface area contributed by atoms with Crippen LogP contribution in [0.4, 0.5) is 0 Å². The molecule has 18 amide bonds. The van der Waals surface area contributed by atoms with Gasteiger partial charge in [0, 0.05) is 58.0 Å². The number of carboxylic acid groups (broad SMARTS) is 4. The van der Waals surface area contributed by atoms with E-state index in [4.69, 9.17) is 28.3 Å². The van der Waals surface area contributed by atoms with Gasteiger partial charge in [0.05, 0.1) is 13.0 Å². The number of phenols is 1. The number of nitrogens with zero attached hydrogens (tertiary/aromatic N) is 1. The van der Waals surface area contributed by atoms with E-state index in [0.717, 1.165) is 18.7 Å². The number of rotatable bonds is 62. The van der Waals surface area contributed by atoms with E-state index in [-0.39, 0.29) is 102 Å². The molecule has 3 rings (SSSR count). The van der Waals surface area contributed by atoms with E-state index in [9.17, 15) is 121 Å². The molecule has 49 nitrogen and oxygen atoms in total. The van der Waals surface area contributed by atoms with E-state index in [0.29, 0.717) is 17.5 Å². The van der Waals surface area contributed by atoms with Gasteiger partial charge in [-0.15, -0.1) is 0 Å². The number of benzene rings is 2. The number of carbonyl (C=O) groups is 22. The Morgan fingerprint density at radius 3 is 1.27 bits per heavy atom. The van der Waals surface area contributed by atoms with Gasteiger partial charge in [0.15, 0.2) is 5.96 Å². The zero-order valence-electron chi connectivity index (χ0n) is 81.2. The van der Waals surface area contributed by atoms with E-state index in [1.165, 1.54) is 30.3 Å². The molecule has 1 aliphatic rings. The molecule has 16 atom stereocenters. The molecule has 0 aromatic heterocycles. The van der Waals surface area contributed by atoms with Gasteiger partial charge in [-0.05, 0) is 151 Å². The van der Waals surface area contributed by atoms with Gasteiger partial charge in [0.25, 0.3) is 0 Å². The lowest BCUT2D eigenvalue weighted by Gasteiger charge is -2.30. The number of guanidine groups is 1. The molecular weight excluding hydrogens is 1850 g/mol. The van der Waals surface area contributed by atoms with Crippen molar-refractivity contribution >= 4 is 136 Å². The maximum atomic E-state index is 15.1. The summed E-state index contributed by atoms with van der Waals surface area (Å²) in [6, 6.07) is -9.76. The average molecular weight is 1990 g/mol. The van der Waals surface area contributed by atoms with Crippen molar-refractivity contribution in [3.63, 3.8) is 0 Å². The lowest BCUT2D eigenvalue weighted by atomic mass is 9.97. The van der Waals surface area contributed by atoms with Gasteiger partial charge in [0.2, 0.25) is 106 Å². The second-order valence-electron chi connectivity index (χ2n) is 35.9. The van der Waals surface area contributed by atoms with E-state index in [1.807, 2.05) is 0 Å². The number of carboxylic acids is 4. The van der Waals surface area contributed by atoms with Crippen molar-refractivity contribution in [2.75, 3.05) is 26.2 Å². The Labute approximate surface area is 816 Å². The lowest BCUT2D eigenvalue weighted by molar-refractivity contribution is -0.142. The summed E-state index contributed by atoms with van der Waals surface area (Å²) in [7, 11) is 0. The monoisotopic (exact) mass is 1990 g/mol. The molecule has 1 heterocycles. The fourth-order valence-electron chi connectivity index (χ4n) is 14.5. The zero-order chi connectivity index (χ0) is 106. The molecule has 49 heteroatoms. The Bertz CT molecular complexity index is 4670. The van der Waals surface area contributed by atoms with Crippen LogP contribution in [0, 0.1) is 29.1 Å². The van der Waals surface area contributed by atoms with Crippen LogP contribution < -0.4 is 108 Å². The predicted octanol–water partition coefficient (Wildman–Crippen LogP) is -3.94. The van der Waals surface area contributed by atoms with Gasteiger partial charge < -0.3 is 138 Å². The number of allylic oxidation sites excluding steroid dienone is 1. The SMILES string of the molecule is CC[C@H](C)[C@H](NC(=O)CN1C/C=C\CCC(=O)N[C@@H](Cc2ccccc2)C(=O)N[C@@H](CCC(=O)O)C1=O)C(=O)N[C@@H](Cc1ccc(O)cc1)C(=O)N[C@@H](CCCNC(=N)N)C(=O)N[C@@H](CC(C)C)C(=O)N[C@@H](CCC(=O)O)C(=O)N[C@@H](CC(C)C)C(=O)N[C@@H](CC(C)C)C(=O)N[C@@H](CCCCN)C(=O)N[C@@H](C)C(=O)N[C@@H](CCC(=O)O)C(=O)N[C@@H](CCC(=O)O)C(=O)N[C@@H](C)C(=O)N[C@@H](CC(N)=O)C(N)=O. The maximum Gasteiger partial charge on any atom is 0.303 e. The number of unbranched alkanes of at least 4 members (excludes halogenated alkanes) is 1. The van der Waals surface area contributed by atoms with Crippen LogP contribution in [0.1, 0.15) is 209 Å². The number of primary amides is 2. The predicted molar refractivity (Wildman–Crippen MR) is 508 cm³/mol. The van der Waals surface area contributed by atoms with Crippen molar-refractivity contribution in [2.24, 2.45) is 46.6 Å². The molecule has 0 saturated heterocycles. The number of phenolic OH excluding ortho intramolecular Hbond substituents is 1. The summed E-state index contributed by atoms with van der Waals surface area (Å²) in [5.41, 5.74) is 22.8. The molecule has 0 unspecified atom stereocenters. The maximum absolute atomic E-state index is 15.1. The minimum absolute atomic E-state index is 0.00705. The first-order chi connectivity index (χ1) is 66.3. The topological polar surface area (TPSA) is 800 Å². The molecule has 1 aliphatic heterocycles. The quantitative estimate of drug-likeness (QED) is 0.0130. The van der Waals surface area contributed by atoms with Crippen LogP contribution in [-0.4, -0.2) is 283 Å². The zero-order valence-corrected chi connectivity index (χ0v) is 81.2. The van der Waals surface area contributed by atoms with Crippen molar-refractivity contribution in [3.05, 3.63) is 77.9 Å². The molecule has 30 N–H and O–H groups in total. The molecule has 2 aromatic rings. The Balaban J connectivity index is 2.01. The first-order valence-corrected chi connectivity index (χ1v) is 46.8. The van der Waals surface area contributed by atoms with Crippen molar-refractivity contribution < 1.29 is 131 Å². The number of aromatic hydroxyl groups is 1. The highest BCUT2D eigenvalue weighted by molar-refractivity contribution is 6.02. The summed E-state index contributed by atoms with van der Waals surface area (Å²) in [6.45, 7) is 14.6. The van der Waals surface area contributed by atoms with Crippen molar-refractivity contribution in [2.45, 2.75) is 301 Å². The second kappa shape index (κ2) is 62.5. The van der Waals surface area contributed by atoms with Gasteiger partial charge in [-0.3, -0.25) is 111 Å². The lowest BCUT2D eigenvalue weighted by Crippen LogP contribution is -2.61. The molecule has 0 aliphatic carbocycles. The van der Waals surface area contributed by atoms with Gasteiger partial charge in [-0.2, -0.15) is 0 Å². The molecule has 0 radical (unpaired) electrons. The largest absolute Gasteiger partial charge is 0.508 e. The highest BCUT2D eigenvalue weighted by Crippen LogP contribution is 2.20. The van der Waals surface area contributed by atoms with Crippen LogP contribution in [-0.2, 0) is 118 Å². The smallest absolute Gasteiger partial charge is 0.303 e. The van der Waals surface area contributed by atoms with Crippen LogP contribution in [0.5, 0.6) is 5.75 Å². The Hall–Kier alpha value is -14.4. The number of hydrogen-bond acceptors (Lipinski definition) is 25. The second-order valence-corrected chi connectivity index (χ2v) is 35.9. The van der Waals surface area contributed by atoms with Gasteiger partial charge >= 0.3 is 23.9 Å². The van der Waals surface area contributed by atoms with Crippen LogP contribution in [0.2, 0.25) is 0 Å². The Morgan fingerprint density at radius 1 is 0.447 bits per heavy atom. The minimum atomic E-state index is -1.82. The molecule has 141 heavy (non-hydrogen) atoms. The number of nitrogens with one attached hydrogen (secondary N) is 17. The fourth-order valence-corrected chi connectivity index (χ4v) is 14.5. The third kappa shape index (κ3) is 47.2. The molecular formula is C92H142N22O27. The van der Waals surface area contributed by atoms with Crippen LogP contribution in [0.3, 0.4) is 0 Å². The highest BCUT2D eigenvalue weighted by Gasteiger charge is 2.41. The summed E-state index contributed by atoms with van der Waals surface area (Å²) >= 11 is 0. The Morgan fingerprint density at radius 2 is 0.851 bits per heavy atom. The summed E-state index contributed by atoms with van der Waals surface area (Å²) in [5, 5.41) is 97.2. The van der Waals surface area contributed by atoms with E-state index < -0.39 is 315 Å². The van der Waals surface area contributed by atoms with Crippen molar-refractivity contribution in [3.8, 4) is 5.75 Å². The summed E-state index contributed by atoms with van der Waals surface area (Å²) in [4.78, 5) is 302. The third-order valence-electron chi connectivity index (χ3n) is 22.3. The average Bonchev–Trinajstić information content (AvgIpc) is 1.20. The molecule has 0 bridgehead atoms. The fraction of sp³-hybridized carbons (Fsp3) is 0.598. The van der Waals surface area contributed by atoms with Gasteiger partial charge in [-0.1, -0.05) is 116 Å². The normalized spacial score (nSPS) is 16.6.